The zero-order valence-electron chi connectivity index (χ0n) is 17.3. The Kier molecular flexibility index (Phi) is 6.50. The van der Waals surface area contributed by atoms with Gasteiger partial charge in [-0.15, -0.1) is 0 Å². The van der Waals surface area contributed by atoms with Gasteiger partial charge in [-0.25, -0.2) is 0 Å². The summed E-state index contributed by atoms with van der Waals surface area (Å²) >= 11 is 0. The van der Waals surface area contributed by atoms with Crippen LogP contribution in [0, 0.1) is 0 Å². The molecule has 154 valence electrons. The fourth-order valence-electron chi connectivity index (χ4n) is 5.13. The molecular weight excluding hydrogens is 360 g/mol. The highest BCUT2D eigenvalue weighted by Gasteiger charge is 2.38. The first-order chi connectivity index (χ1) is 14.3. The van der Waals surface area contributed by atoms with Gasteiger partial charge in [-0.1, -0.05) is 49.6 Å². The smallest absolute Gasteiger partial charge is 0.241 e. The molecule has 0 aromatic heterocycles. The average Bonchev–Trinajstić information content (AvgIpc) is 2.80. The highest BCUT2D eigenvalue weighted by Crippen LogP contribution is 2.38. The third kappa shape index (κ3) is 4.64. The maximum absolute atomic E-state index is 13.2. The third-order valence-electron chi connectivity index (χ3n) is 6.59. The van der Waals surface area contributed by atoms with Crippen molar-refractivity contribution in [3.8, 4) is 5.75 Å². The number of carbonyl (C=O) groups is 1. The zero-order chi connectivity index (χ0) is 20.1. The monoisotopic (exact) mass is 392 g/mol. The molecule has 2 aromatic rings. The van der Waals surface area contributed by atoms with Crippen LogP contribution in [0.5, 0.6) is 5.75 Å². The maximum atomic E-state index is 13.2. The molecule has 2 aromatic carbocycles. The first-order valence-corrected chi connectivity index (χ1v) is 11.0. The third-order valence-corrected chi connectivity index (χ3v) is 6.59. The number of hydrogen-bond acceptors (Lipinski definition) is 3. The largest absolute Gasteiger partial charge is 0.497 e. The fraction of sp³-hybridized carbons (Fsp3) is 0.480. The van der Waals surface area contributed by atoms with Gasteiger partial charge in [-0.2, -0.15) is 0 Å². The second-order valence-electron chi connectivity index (χ2n) is 8.34. The lowest BCUT2D eigenvalue weighted by Crippen LogP contribution is -2.54. The van der Waals surface area contributed by atoms with E-state index < -0.39 is 0 Å². The number of ether oxygens (including phenoxy) is 1. The van der Waals surface area contributed by atoms with E-state index in [9.17, 15) is 4.79 Å². The van der Waals surface area contributed by atoms with Crippen LogP contribution in [0.15, 0.2) is 54.6 Å². The van der Waals surface area contributed by atoms with Gasteiger partial charge in [-0.3, -0.25) is 9.69 Å². The number of nitrogens with one attached hydrogen (secondary N) is 1. The number of likely N-dealkylation sites (tertiary alicyclic amines) is 1. The van der Waals surface area contributed by atoms with Gasteiger partial charge in [0.2, 0.25) is 5.91 Å². The van der Waals surface area contributed by atoms with Crippen LogP contribution in [-0.2, 0) is 4.79 Å². The van der Waals surface area contributed by atoms with Crippen molar-refractivity contribution in [3.63, 3.8) is 0 Å². The Morgan fingerprint density at radius 1 is 0.931 bits per heavy atom. The highest BCUT2D eigenvalue weighted by atomic mass is 16.5. The Morgan fingerprint density at radius 2 is 1.66 bits per heavy atom. The fourth-order valence-corrected chi connectivity index (χ4v) is 5.13. The molecule has 1 aliphatic heterocycles. The molecule has 1 amide bonds. The van der Waals surface area contributed by atoms with Crippen molar-refractivity contribution in [1.29, 1.82) is 0 Å². The van der Waals surface area contributed by atoms with Gasteiger partial charge in [0.15, 0.2) is 0 Å². The van der Waals surface area contributed by atoms with E-state index >= 15 is 0 Å². The van der Waals surface area contributed by atoms with Crippen LogP contribution in [-0.4, -0.2) is 36.5 Å². The number of benzene rings is 2. The summed E-state index contributed by atoms with van der Waals surface area (Å²) in [6.45, 7) is 1.02. The minimum Gasteiger partial charge on any atom is -0.497 e. The molecule has 2 fully saturated rings. The Labute approximate surface area is 174 Å². The molecule has 1 N–H and O–H groups in total. The molecule has 1 saturated heterocycles. The van der Waals surface area contributed by atoms with Crippen molar-refractivity contribution in [2.24, 2.45) is 0 Å². The van der Waals surface area contributed by atoms with Crippen molar-refractivity contribution in [2.75, 3.05) is 19.0 Å². The molecule has 4 heteroatoms. The van der Waals surface area contributed by atoms with E-state index in [2.05, 4.69) is 40.5 Å². The van der Waals surface area contributed by atoms with Gasteiger partial charge >= 0.3 is 0 Å². The van der Waals surface area contributed by atoms with E-state index in [-0.39, 0.29) is 11.9 Å². The highest BCUT2D eigenvalue weighted by molar-refractivity contribution is 5.95. The van der Waals surface area contributed by atoms with E-state index in [1.807, 2.05) is 24.3 Å². The van der Waals surface area contributed by atoms with Gasteiger partial charge in [-0.05, 0) is 68.0 Å². The van der Waals surface area contributed by atoms with E-state index in [1.54, 1.807) is 7.11 Å². The number of carbonyl (C=O) groups excluding carboxylic acids is 1. The minimum absolute atomic E-state index is 0.0415. The first kappa shape index (κ1) is 20.0. The molecule has 1 aliphatic carbocycles. The quantitative estimate of drug-likeness (QED) is 0.759. The molecule has 4 rings (SSSR count). The van der Waals surface area contributed by atoms with Gasteiger partial charge < -0.3 is 10.1 Å². The van der Waals surface area contributed by atoms with Gasteiger partial charge in [0, 0.05) is 11.7 Å². The normalized spacial score (nSPS) is 25.3. The summed E-state index contributed by atoms with van der Waals surface area (Å²) in [5.41, 5.74) is 2.27. The molecule has 1 heterocycles. The lowest BCUT2D eigenvalue weighted by molar-refractivity contribution is -0.124. The lowest BCUT2D eigenvalue weighted by Gasteiger charge is -2.45. The number of methoxy groups -OCH3 is 1. The molecular formula is C25H32N2O2. The Bertz CT molecular complexity index is 790. The van der Waals surface area contributed by atoms with E-state index in [1.165, 1.54) is 37.7 Å². The van der Waals surface area contributed by atoms with E-state index in [0.29, 0.717) is 12.0 Å². The molecule has 2 aliphatic rings. The lowest BCUT2D eigenvalue weighted by atomic mass is 9.78. The number of piperidine rings is 1. The number of hydrogen-bond donors (Lipinski definition) is 1. The number of amides is 1. The molecule has 0 radical (unpaired) electrons. The Morgan fingerprint density at radius 3 is 2.41 bits per heavy atom. The number of anilines is 1. The zero-order valence-corrected chi connectivity index (χ0v) is 17.3. The summed E-state index contributed by atoms with van der Waals surface area (Å²) in [6, 6.07) is 18.9. The van der Waals surface area contributed by atoms with Crippen molar-refractivity contribution in [1.82, 2.24) is 4.90 Å². The molecule has 1 saturated carbocycles. The first-order valence-electron chi connectivity index (χ1n) is 11.0. The van der Waals surface area contributed by atoms with E-state index in [0.717, 1.165) is 30.8 Å². The van der Waals surface area contributed by atoms with Gasteiger partial charge in [0.05, 0.1) is 13.2 Å². The van der Waals surface area contributed by atoms with Gasteiger partial charge in [0.25, 0.3) is 0 Å². The summed E-state index contributed by atoms with van der Waals surface area (Å²) < 4.78 is 5.22. The summed E-state index contributed by atoms with van der Waals surface area (Å²) in [4.78, 5) is 15.8. The Hall–Kier alpha value is -2.33. The van der Waals surface area contributed by atoms with Crippen LogP contribution in [0.3, 0.4) is 0 Å². The van der Waals surface area contributed by atoms with Crippen molar-refractivity contribution in [2.45, 2.75) is 62.9 Å². The predicted octanol–water partition coefficient (Wildman–Crippen LogP) is 5.21. The maximum Gasteiger partial charge on any atom is 0.241 e. The molecule has 29 heavy (non-hydrogen) atoms. The number of rotatable bonds is 5. The van der Waals surface area contributed by atoms with Gasteiger partial charge in [0.1, 0.15) is 5.75 Å². The van der Waals surface area contributed by atoms with Crippen LogP contribution in [0.25, 0.3) is 0 Å². The molecule has 0 spiro atoms. The summed E-state index contributed by atoms with van der Waals surface area (Å²) in [5.74, 6) is 1.46. The summed E-state index contributed by atoms with van der Waals surface area (Å²) in [5, 5.41) is 3.15. The van der Waals surface area contributed by atoms with E-state index in [4.69, 9.17) is 4.74 Å². The topological polar surface area (TPSA) is 41.6 Å². The van der Waals surface area contributed by atoms with Crippen LogP contribution < -0.4 is 10.1 Å². The predicted molar refractivity (Wildman–Crippen MR) is 117 cm³/mol. The SMILES string of the molecule is COc1ccc(NC(=O)C2CCCCN2C2CCCCC2c2ccccc2)cc1. The van der Waals surface area contributed by atoms with Crippen molar-refractivity contribution in [3.05, 3.63) is 60.2 Å². The van der Waals surface area contributed by atoms with Crippen LogP contribution in [0.1, 0.15) is 56.4 Å². The second-order valence-corrected chi connectivity index (χ2v) is 8.34. The Balaban J connectivity index is 1.51. The molecule has 3 unspecified atom stereocenters. The standard InChI is InChI=1S/C25H32N2O2/c1-29-21-16-14-20(15-17-21)26-25(28)24-13-7-8-18-27(24)23-12-6-5-11-22(23)19-9-3-2-4-10-19/h2-4,9-10,14-17,22-24H,5-8,11-13,18H2,1H3,(H,26,28). The second kappa shape index (κ2) is 9.45. The van der Waals surface area contributed by atoms with Crippen LogP contribution in [0.2, 0.25) is 0 Å². The molecule has 3 atom stereocenters. The van der Waals surface area contributed by atoms with Crippen LogP contribution in [0.4, 0.5) is 5.69 Å². The van der Waals surface area contributed by atoms with Crippen LogP contribution >= 0.6 is 0 Å². The average molecular weight is 393 g/mol. The molecule has 4 nitrogen and oxygen atoms in total. The minimum atomic E-state index is -0.0415. The number of nitrogens with zero attached hydrogens (tertiary/aromatic N) is 1. The summed E-state index contributed by atoms with van der Waals surface area (Å²) in [7, 11) is 1.65. The summed E-state index contributed by atoms with van der Waals surface area (Å²) in [6.07, 6.45) is 8.21. The molecule has 0 bridgehead atoms. The van der Waals surface area contributed by atoms with Crippen molar-refractivity contribution < 1.29 is 9.53 Å². The van der Waals surface area contributed by atoms with Crippen molar-refractivity contribution >= 4 is 11.6 Å².